The van der Waals surface area contributed by atoms with Gasteiger partial charge in [0.05, 0.1) is 6.04 Å². The molecule has 0 spiro atoms. The Morgan fingerprint density at radius 2 is 1.80 bits per heavy atom. The van der Waals surface area contributed by atoms with Gasteiger partial charge in [0.1, 0.15) is 11.6 Å². The van der Waals surface area contributed by atoms with Crippen molar-refractivity contribution in [1.29, 1.82) is 0 Å². The van der Waals surface area contributed by atoms with Crippen LogP contribution in [0.1, 0.15) is 17.2 Å². The molecule has 106 valence electrons. The van der Waals surface area contributed by atoms with Crippen molar-refractivity contribution in [3.05, 3.63) is 70.2 Å². The molecule has 0 aliphatic heterocycles. The first-order valence-electron chi connectivity index (χ1n) is 6.25. The molecule has 0 fully saturated rings. The fourth-order valence-corrected chi connectivity index (χ4v) is 2.15. The molecule has 0 aliphatic rings. The Balaban J connectivity index is 2.38. The van der Waals surface area contributed by atoms with E-state index in [9.17, 15) is 8.78 Å². The van der Waals surface area contributed by atoms with Gasteiger partial charge in [-0.2, -0.15) is 0 Å². The number of nitrogens with two attached hydrogens (primary N) is 1. The number of halogens is 3. The molecule has 0 saturated carbocycles. The van der Waals surface area contributed by atoms with E-state index in [2.05, 4.69) is 5.32 Å². The van der Waals surface area contributed by atoms with Gasteiger partial charge >= 0.3 is 0 Å². The van der Waals surface area contributed by atoms with E-state index in [0.717, 1.165) is 11.6 Å². The van der Waals surface area contributed by atoms with Crippen LogP contribution in [0, 0.1) is 11.6 Å². The average Bonchev–Trinajstić information content (AvgIpc) is 2.42. The number of hydrogen-bond acceptors (Lipinski definition) is 2. The highest BCUT2D eigenvalue weighted by atomic mass is 35.5. The van der Waals surface area contributed by atoms with E-state index in [4.69, 9.17) is 17.3 Å². The summed E-state index contributed by atoms with van der Waals surface area (Å²) in [4.78, 5) is 0. The summed E-state index contributed by atoms with van der Waals surface area (Å²) in [6.07, 6.45) is 0. The van der Waals surface area contributed by atoms with Crippen molar-refractivity contribution < 1.29 is 8.78 Å². The Labute approximate surface area is 121 Å². The van der Waals surface area contributed by atoms with Crippen molar-refractivity contribution >= 4 is 11.6 Å². The third-order valence-corrected chi connectivity index (χ3v) is 3.22. The molecule has 0 radical (unpaired) electrons. The van der Waals surface area contributed by atoms with Crippen LogP contribution in [0.25, 0.3) is 0 Å². The van der Waals surface area contributed by atoms with Crippen LogP contribution in [0.3, 0.4) is 0 Å². The molecular weight excluding hydrogens is 282 g/mol. The quantitative estimate of drug-likeness (QED) is 0.889. The highest BCUT2D eigenvalue weighted by molar-refractivity contribution is 6.30. The van der Waals surface area contributed by atoms with Gasteiger partial charge in [-0.15, -0.1) is 0 Å². The van der Waals surface area contributed by atoms with Gasteiger partial charge in [0, 0.05) is 29.7 Å². The summed E-state index contributed by atoms with van der Waals surface area (Å²) >= 11 is 5.85. The molecule has 0 aliphatic carbocycles. The molecule has 2 aromatic carbocycles. The van der Waals surface area contributed by atoms with E-state index >= 15 is 0 Å². The summed E-state index contributed by atoms with van der Waals surface area (Å²) in [5, 5.41) is 3.75. The minimum absolute atomic E-state index is 0.377. The maximum absolute atomic E-state index is 14.0. The molecule has 0 aromatic heterocycles. The monoisotopic (exact) mass is 296 g/mol. The summed E-state index contributed by atoms with van der Waals surface area (Å²) in [5.41, 5.74) is 6.70. The van der Waals surface area contributed by atoms with Crippen molar-refractivity contribution in [3.8, 4) is 0 Å². The molecule has 2 nitrogen and oxygen atoms in total. The smallest absolute Gasteiger partial charge is 0.131 e. The summed E-state index contributed by atoms with van der Waals surface area (Å²) < 4.78 is 27.0. The zero-order valence-electron chi connectivity index (χ0n) is 10.7. The zero-order valence-corrected chi connectivity index (χ0v) is 11.5. The van der Waals surface area contributed by atoms with Crippen LogP contribution in [0.15, 0.2) is 42.5 Å². The molecule has 1 unspecified atom stereocenters. The van der Waals surface area contributed by atoms with Crippen molar-refractivity contribution in [2.75, 3.05) is 13.1 Å². The van der Waals surface area contributed by atoms with E-state index in [1.54, 1.807) is 24.3 Å². The fraction of sp³-hybridized carbons (Fsp3) is 0.200. The minimum Gasteiger partial charge on any atom is -0.329 e. The first-order valence-corrected chi connectivity index (χ1v) is 6.63. The second kappa shape index (κ2) is 6.79. The Morgan fingerprint density at radius 1 is 1.10 bits per heavy atom. The lowest BCUT2D eigenvalue weighted by Crippen LogP contribution is -2.28. The van der Waals surface area contributed by atoms with Gasteiger partial charge in [0.15, 0.2) is 0 Å². The van der Waals surface area contributed by atoms with Crippen LogP contribution < -0.4 is 11.1 Å². The van der Waals surface area contributed by atoms with Gasteiger partial charge in [-0.25, -0.2) is 8.78 Å². The van der Waals surface area contributed by atoms with E-state index in [1.807, 2.05) is 0 Å². The predicted octanol–water partition coefficient (Wildman–Crippen LogP) is 3.26. The number of nitrogens with one attached hydrogen (secondary N) is 1. The van der Waals surface area contributed by atoms with Crippen molar-refractivity contribution in [1.82, 2.24) is 5.32 Å². The van der Waals surface area contributed by atoms with E-state index in [1.165, 1.54) is 12.1 Å². The molecule has 0 bridgehead atoms. The second-order valence-corrected chi connectivity index (χ2v) is 4.83. The number of rotatable bonds is 5. The molecule has 2 rings (SSSR count). The van der Waals surface area contributed by atoms with Crippen molar-refractivity contribution in [3.63, 3.8) is 0 Å². The molecule has 0 saturated heterocycles. The standard InChI is InChI=1S/C15H15ClF2N2/c16-11-3-1-10(2-4-11)15(20-8-7-19)13-6-5-12(17)9-14(13)18/h1-6,9,15,20H,7-8,19H2. The van der Waals surface area contributed by atoms with Crippen molar-refractivity contribution in [2.24, 2.45) is 5.73 Å². The van der Waals surface area contributed by atoms with Crippen LogP contribution in [-0.4, -0.2) is 13.1 Å². The summed E-state index contributed by atoms with van der Waals surface area (Å²) in [7, 11) is 0. The van der Waals surface area contributed by atoms with Gasteiger partial charge in [-0.3, -0.25) is 0 Å². The number of hydrogen-bond donors (Lipinski definition) is 2. The maximum Gasteiger partial charge on any atom is 0.131 e. The third-order valence-electron chi connectivity index (χ3n) is 2.97. The van der Waals surface area contributed by atoms with Gasteiger partial charge in [-0.05, 0) is 23.8 Å². The highest BCUT2D eigenvalue weighted by Gasteiger charge is 2.17. The molecule has 5 heteroatoms. The van der Waals surface area contributed by atoms with Gasteiger partial charge in [0.2, 0.25) is 0 Å². The maximum atomic E-state index is 14.0. The van der Waals surface area contributed by atoms with Crippen LogP contribution in [0.2, 0.25) is 5.02 Å². The Morgan fingerprint density at radius 3 is 2.40 bits per heavy atom. The Kier molecular flexibility index (Phi) is 5.06. The molecule has 0 heterocycles. The minimum atomic E-state index is -0.597. The van der Waals surface area contributed by atoms with Gasteiger partial charge in [-0.1, -0.05) is 29.8 Å². The number of benzene rings is 2. The van der Waals surface area contributed by atoms with E-state index in [-0.39, 0.29) is 0 Å². The second-order valence-electron chi connectivity index (χ2n) is 4.39. The molecular formula is C15H15ClF2N2. The van der Waals surface area contributed by atoms with E-state index in [0.29, 0.717) is 23.7 Å². The summed E-state index contributed by atoms with van der Waals surface area (Å²) in [5.74, 6) is -1.19. The van der Waals surface area contributed by atoms with Crippen LogP contribution in [0.4, 0.5) is 8.78 Å². The zero-order chi connectivity index (χ0) is 14.5. The Hall–Kier alpha value is -1.49. The van der Waals surface area contributed by atoms with Crippen molar-refractivity contribution in [2.45, 2.75) is 6.04 Å². The molecule has 20 heavy (non-hydrogen) atoms. The molecule has 2 aromatic rings. The van der Waals surface area contributed by atoms with Crippen LogP contribution in [0.5, 0.6) is 0 Å². The summed E-state index contributed by atoms with van der Waals surface area (Å²) in [6, 6.07) is 10.2. The van der Waals surface area contributed by atoms with Gasteiger partial charge in [0.25, 0.3) is 0 Å². The lowest BCUT2D eigenvalue weighted by atomic mass is 9.98. The third kappa shape index (κ3) is 3.54. The molecule has 1 atom stereocenters. The molecule has 3 N–H and O–H groups in total. The fourth-order valence-electron chi connectivity index (χ4n) is 2.03. The molecule has 0 amide bonds. The van der Waals surface area contributed by atoms with Crippen LogP contribution >= 0.6 is 11.6 Å². The Bertz CT molecular complexity index is 573. The predicted molar refractivity (Wildman–Crippen MR) is 76.7 cm³/mol. The first kappa shape index (κ1) is 14.9. The van der Waals surface area contributed by atoms with Crippen LogP contribution in [-0.2, 0) is 0 Å². The summed E-state index contributed by atoms with van der Waals surface area (Å²) in [6.45, 7) is 0.941. The first-order chi connectivity index (χ1) is 9.61. The lowest BCUT2D eigenvalue weighted by molar-refractivity contribution is 0.536. The highest BCUT2D eigenvalue weighted by Crippen LogP contribution is 2.26. The largest absolute Gasteiger partial charge is 0.329 e. The average molecular weight is 297 g/mol. The normalized spacial score (nSPS) is 12.4. The SMILES string of the molecule is NCCNC(c1ccc(Cl)cc1)c1ccc(F)cc1F. The van der Waals surface area contributed by atoms with Gasteiger partial charge < -0.3 is 11.1 Å². The van der Waals surface area contributed by atoms with E-state index < -0.39 is 17.7 Å². The lowest BCUT2D eigenvalue weighted by Gasteiger charge is -2.20. The topological polar surface area (TPSA) is 38.0 Å².